The largest absolute Gasteiger partial charge is 0.466 e. The van der Waals surface area contributed by atoms with Crippen LogP contribution in [0.15, 0.2) is 54.1 Å². The molecule has 0 N–H and O–H groups in total. The van der Waals surface area contributed by atoms with Crippen LogP contribution < -0.4 is 0 Å². The van der Waals surface area contributed by atoms with Crippen LogP contribution in [0.2, 0.25) is 0 Å². The Bertz CT molecular complexity index is 840. The molecular weight excluding hydrogens is 360 g/mol. The minimum absolute atomic E-state index is 0.0303. The summed E-state index contributed by atoms with van der Waals surface area (Å²) in [6, 6.07) is 9.16. The van der Waals surface area contributed by atoms with Gasteiger partial charge in [-0.05, 0) is 31.2 Å². The number of carbonyl (C=O) groups is 3. The van der Waals surface area contributed by atoms with Gasteiger partial charge in [-0.25, -0.2) is 9.59 Å². The highest BCUT2D eigenvalue weighted by Gasteiger charge is 2.66. The maximum atomic E-state index is 13.1. The highest BCUT2D eigenvalue weighted by Crippen LogP contribution is 2.57. The van der Waals surface area contributed by atoms with Crippen LogP contribution in [-0.2, 0) is 34.2 Å². The summed E-state index contributed by atoms with van der Waals surface area (Å²) in [5, 5.41) is 0. The molecule has 6 nitrogen and oxygen atoms in total. The van der Waals surface area contributed by atoms with Crippen molar-refractivity contribution in [3.8, 4) is 0 Å². The lowest BCUT2D eigenvalue weighted by Gasteiger charge is -2.41. The van der Waals surface area contributed by atoms with E-state index in [1.165, 1.54) is 14.2 Å². The third kappa shape index (κ3) is 2.88. The predicted octanol–water partition coefficient (Wildman–Crippen LogP) is 3.01. The Balaban J connectivity index is 2.29. The number of Topliss-reactive ketones (excluding diaryl/α,β-unsaturated/α-hetero) is 1. The number of rotatable bonds is 7. The fraction of sp³-hybridized carbons (Fsp3) is 0.409. The number of benzene rings is 1. The molecule has 2 atom stereocenters. The average Bonchev–Trinajstić information content (AvgIpc) is 2.99. The summed E-state index contributed by atoms with van der Waals surface area (Å²) in [6.45, 7) is 3.71. The Kier molecular flexibility index (Phi) is 5.52. The maximum Gasteiger partial charge on any atom is 0.337 e. The summed E-state index contributed by atoms with van der Waals surface area (Å²) in [5.74, 6) is -1.65. The Morgan fingerprint density at radius 2 is 1.79 bits per heavy atom. The van der Waals surface area contributed by atoms with Crippen LogP contribution in [0.25, 0.3) is 0 Å². The van der Waals surface area contributed by atoms with Crippen LogP contribution in [0.5, 0.6) is 0 Å². The van der Waals surface area contributed by atoms with Crippen molar-refractivity contribution in [1.82, 2.24) is 0 Å². The second-order valence-electron chi connectivity index (χ2n) is 6.96. The first-order chi connectivity index (χ1) is 13.5. The van der Waals surface area contributed by atoms with E-state index in [4.69, 9.17) is 14.2 Å². The summed E-state index contributed by atoms with van der Waals surface area (Å²) in [7, 11) is 2.47. The second kappa shape index (κ2) is 7.72. The molecule has 2 heterocycles. The summed E-state index contributed by atoms with van der Waals surface area (Å²) in [6.07, 6.45) is 3.67. The second-order valence-corrected chi connectivity index (χ2v) is 6.96. The van der Waals surface area contributed by atoms with Crippen LogP contribution in [-0.4, -0.2) is 37.5 Å². The standard InChI is InChI=1S/C22H24O6/c1-4-5-9-13-22-16(23)12-14-21(28-22,15-10-7-6-8-11-15)17(19(24)26-2)18(22)20(25)27-3/h4,6-8,10-11H,1,5,9,12-14H2,2-3H3/t21-,22-/m0/s1. The quantitative estimate of drug-likeness (QED) is 0.408. The van der Waals surface area contributed by atoms with Gasteiger partial charge in [0.2, 0.25) is 0 Å². The molecule has 1 saturated heterocycles. The highest BCUT2D eigenvalue weighted by molar-refractivity contribution is 6.12. The first-order valence-electron chi connectivity index (χ1n) is 9.28. The van der Waals surface area contributed by atoms with Crippen LogP contribution in [0, 0.1) is 0 Å². The number of fused-ring (bicyclic) bond motifs is 2. The molecule has 0 aromatic heterocycles. The lowest BCUT2D eigenvalue weighted by Crippen LogP contribution is -2.50. The summed E-state index contributed by atoms with van der Waals surface area (Å²) >= 11 is 0. The maximum absolute atomic E-state index is 13.1. The molecule has 0 saturated carbocycles. The van der Waals surface area contributed by atoms with E-state index < -0.39 is 23.1 Å². The number of hydrogen-bond acceptors (Lipinski definition) is 6. The molecule has 2 aliphatic heterocycles. The number of unbranched alkanes of at least 4 members (excludes halogenated alkanes) is 1. The van der Waals surface area contributed by atoms with Gasteiger partial charge in [0.1, 0.15) is 5.60 Å². The average molecular weight is 384 g/mol. The molecule has 3 rings (SSSR count). The van der Waals surface area contributed by atoms with E-state index in [2.05, 4.69) is 6.58 Å². The van der Waals surface area contributed by atoms with Gasteiger partial charge in [0, 0.05) is 6.42 Å². The summed E-state index contributed by atoms with van der Waals surface area (Å²) in [4.78, 5) is 38.7. The minimum atomic E-state index is -1.52. The van der Waals surface area contributed by atoms with Crippen molar-refractivity contribution >= 4 is 17.7 Å². The van der Waals surface area contributed by atoms with E-state index >= 15 is 0 Å². The number of hydrogen-bond donors (Lipinski definition) is 0. The van der Waals surface area contributed by atoms with Gasteiger partial charge in [-0.15, -0.1) is 6.58 Å². The lowest BCUT2D eigenvalue weighted by atomic mass is 9.81. The SMILES string of the molecule is C=CCCC[C@]12O[C@](c3ccccc3)(CCC1=O)C(C(=O)OC)=C2C(=O)OC. The molecule has 2 aliphatic rings. The predicted molar refractivity (Wildman–Crippen MR) is 101 cm³/mol. The first-order valence-corrected chi connectivity index (χ1v) is 9.28. The number of methoxy groups -OCH3 is 2. The van der Waals surface area contributed by atoms with Crippen molar-refractivity contribution in [2.45, 2.75) is 43.3 Å². The van der Waals surface area contributed by atoms with Gasteiger partial charge < -0.3 is 14.2 Å². The normalized spacial score (nSPS) is 26.1. The zero-order valence-corrected chi connectivity index (χ0v) is 16.2. The van der Waals surface area contributed by atoms with Gasteiger partial charge in [-0.3, -0.25) is 4.79 Å². The monoisotopic (exact) mass is 384 g/mol. The molecule has 6 heteroatoms. The highest BCUT2D eigenvalue weighted by atomic mass is 16.6. The van der Waals surface area contributed by atoms with Crippen LogP contribution in [0.3, 0.4) is 0 Å². The zero-order valence-electron chi connectivity index (χ0n) is 16.2. The number of allylic oxidation sites excluding steroid dienone is 1. The molecule has 0 aliphatic carbocycles. The van der Waals surface area contributed by atoms with E-state index in [1.807, 2.05) is 30.3 Å². The van der Waals surface area contributed by atoms with Gasteiger partial charge in [-0.1, -0.05) is 36.4 Å². The Labute approximate surface area is 164 Å². The fourth-order valence-corrected chi connectivity index (χ4v) is 4.27. The Hall–Kier alpha value is -2.73. The molecule has 148 valence electrons. The van der Waals surface area contributed by atoms with Crippen molar-refractivity contribution in [2.24, 2.45) is 0 Å². The fourth-order valence-electron chi connectivity index (χ4n) is 4.27. The Morgan fingerprint density at radius 1 is 1.14 bits per heavy atom. The number of ether oxygens (including phenoxy) is 3. The molecule has 0 spiro atoms. The molecule has 0 radical (unpaired) electrons. The zero-order chi connectivity index (χ0) is 20.4. The van der Waals surface area contributed by atoms with Crippen molar-refractivity contribution in [2.75, 3.05) is 14.2 Å². The van der Waals surface area contributed by atoms with E-state index in [9.17, 15) is 14.4 Å². The van der Waals surface area contributed by atoms with Crippen LogP contribution >= 0.6 is 0 Å². The molecule has 0 unspecified atom stereocenters. The number of ketones is 1. The molecule has 1 aromatic rings. The summed E-state index contributed by atoms with van der Waals surface area (Å²) < 4.78 is 16.4. The van der Waals surface area contributed by atoms with Gasteiger partial charge in [-0.2, -0.15) is 0 Å². The molecule has 2 bridgehead atoms. The molecule has 0 amide bonds. The van der Waals surface area contributed by atoms with Crippen LogP contribution in [0.4, 0.5) is 0 Å². The van der Waals surface area contributed by atoms with Crippen molar-refractivity contribution in [3.05, 3.63) is 59.7 Å². The molecule has 28 heavy (non-hydrogen) atoms. The first kappa shape index (κ1) is 20.0. The van der Waals surface area contributed by atoms with E-state index in [1.54, 1.807) is 6.08 Å². The van der Waals surface area contributed by atoms with E-state index in [0.717, 1.165) is 0 Å². The summed E-state index contributed by atoms with van der Waals surface area (Å²) in [5.41, 5.74) is -2.00. The Morgan fingerprint density at radius 3 is 2.39 bits per heavy atom. The molecule has 1 fully saturated rings. The van der Waals surface area contributed by atoms with E-state index in [-0.39, 0.29) is 36.2 Å². The molecule has 1 aromatic carbocycles. The molecular formula is C22H24O6. The number of esters is 2. The van der Waals surface area contributed by atoms with Gasteiger partial charge >= 0.3 is 11.9 Å². The third-order valence-electron chi connectivity index (χ3n) is 5.52. The van der Waals surface area contributed by atoms with Crippen LogP contribution in [0.1, 0.15) is 37.7 Å². The van der Waals surface area contributed by atoms with Crippen molar-refractivity contribution in [1.29, 1.82) is 0 Å². The van der Waals surface area contributed by atoms with Crippen molar-refractivity contribution in [3.63, 3.8) is 0 Å². The topological polar surface area (TPSA) is 78.9 Å². The smallest absolute Gasteiger partial charge is 0.337 e. The third-order valence-corrected chi connectivity index (χ3v) is 5.52. The minimum Gasteiger partial charge on any atom is -0.466 e. The van der Waals surface area contributed by atoms with Crippen molar-refractivity contribution < 1.29 is 28.6 Å². The van der Waals surface area contributed by atoms with Gasteiger partial charge in [0.15, 0.2) is 11.4 Å². The van der Waals surface area contributed by atoms with E-state index in [0.29, 0.717) is 18.4 Å². The van der Waals surface area contributed by atoms with Gasteiger partial charge in [0.05, 0.1) is 25.4 Å². The van der Waals surface area contributed by atoms with Gasteiger partial charge in [0.25, 0.3) is 0 Å². The lowest BCUT2D eigenvalue weighted by molar-refractivity contribution is -0.173. The number of carbonyl (C=O) groups excluding carboxylic acids is 3.